The van der Waals surface area contributed by atoms with Crippen molar-refractivity contribution >= 4 is 11.8 Å². The molecule has 4 heteroatoms. The van der Waals surface area contributed by atoms with Gasteiger partial charge in [-0.1, -0.05) is 48.6 Å². The fourth-order valence-electron chi connectivity index (χ4n) is 4.47. The number of rotatable bonds is 9. The molecule has 0 unspecified atom stereocenters. The number of benzene rings is 1. The number of allylic oxidation sites excluding steroid dienone is 4. The Morgan fingerprint density at radius 1 is 1.07 bits per heavy atom. The van der Waals surface area contributed by atoms with E-state index in [1.54, 1.807) is 0 Å². The van der Waals surface area contributed by atoms with Crippen LogP contribution in [0.15, 0.2) is 48.6 Å². The fraction of sp³-hybridized carbons (Fsp3) is 0.500. The maximum absolute atomic E-state index is 14.4. The van der Waals surface area contributed by atoms with Crippen molar-refractivity contribution in [2.45, 2.75) is 57.5 Å². The fourth-order valence-corrected chi connectivity index (χ4v) is 4.47. The molecule has 0 bridgehead atoms. The number of alkyl halides is 1. The molecular weight excluding hydrogens is 355 g/mol. The highest BCUT2D eigenvalue weighted by Gasteiger charge is 2.40. The van der Waals surface area contributed by atoms with Gasteiger partial charge in [-0.05, 0) is 55.6 Å². The van der Waals surface area contributed by atoms with Crippen molar-refractivity contribution in [2.75, 3.05) is 0 Å². The van der Waals surface area contributed by atoms with Gasteiger partial charge < -0.3 is 5.11 Å². The van der Waals surface area contributed by atoms with Gasteiger partial charge in [-0.15, -0.1) is 0 Å². The number of aliphatic carboxylic acids is 1. The molecule has 0 heterocycles. The van der Waals surface area contributed by atoms with Gasteiger partial charge in [0.15, 0.2) is 0 Å². The lowest BCUT2D eigenvalue weighted by Gasteiger charge is -2.15. The molecule has 0 saturated heterocycles. The first kappa shape index (κ1) is 20.5. The van der Waals surface area contributed by atoms with Gasteiger partial charge in [-0.3, -0.25) is 9.59 Å². The van der Waals surface area contributed by atoms with Crippen LogP contribution < -0.4 is 0 Å². The predicted molar refractivity (Wildman–Crippen MR) is 108 cm³/mol. The van der Waals surface area contributed by atoms with Crippen molar-refractivity contribution in [1.82, 2.24) is 0 Å². The van der Waals surface area contributed by atoms with Crippen LogP contribution >= 0.6 is 0 Å². The van der Waals surface area contributed by atoms with E-state index >= 15 is 0 Å². The molecular formula is C24H29FO3. The monoisotopic (exact) mass is 384 g/mol. The van der Waals surface area contributed by atoms with Crippen LogP contribution in [0.3, 0.4) is 0 Å². The number of hydrogen-bond donors (Lipinski definition) is 1. The van der Waals surface area contributed by atoms with Crippen molar-refractivity contribution in [2.24, 2.45) is 17.8 Å². The highest BCUT2D eigenvalue weighted by atomic mass is 19.1. The average molecular weight is 384 g/mol. The summed E-state index contributed by atoms with van der Waals surface area (Å²) < 4.78 is 14.4. The van der Waals surface area contributed by atoms with Crippen molar-refractivity contribution in [1.29, 1.82) is 0 Å². The van der Waals surface area contributed by atoms with Crippen LogP contribution in [0.5, 0.6) is 0 Å². The minimum atomic E-state index is -1.09. The summed E-state index contributed by atoms with van der Waals surface area (Å²) in [7, 11) is 0. The molecule has 2 aliphatic rings. The van der Waals surface area contributed by atoms with Crippen LogP contribution in [0.4, 0.5) is 4.39 Å². The third kappa shape index (κ3) is 5.40. The Labute approximate surface area is 166 Å². The Morgan fingerprint density at radius 2 is 1.79 bits per heavy atom. The Bertz CT molecular complexity index is 727. The molecule has 0 amide bonds. The number of ketones is 1. The van der Waals surface area contributed by atoms with Gasteiger partial charge in [0, 0.05) is 24.7 Å². The Balaban J connectivity index is 1.48. The first-order valence-corrected chi connectivity index (χ1v) is 10.3. The first-order chi connectivity index (χ1) is 13.5. The number of carbonyl (C=O) groups is 2. The van der Waals surface area contributed by atoms with E-state index in [9.17, 15) is 14.0 Å². The summed E-state index contributed by atoms with van der Waals surface area (Å²) in [6.45, 7) is 0. The molecule has 150 valence electrons. The van der Waals surface area contributed by atoms with E-state index in [0.717, 1.165) is 19.3 Å². The third-order valence-electron chi connectivity index (χ3n) is 5.97. The van der Waals surface area contributed by atoms with Crippen LogP contribution in [-0.4, -0.2) is 23.0 Å². The molecule has 3 atom stereocenters. The Kier molecular flexibility index (Phi) is 7.18. The maximum Gasteiger partial charge on any atom is 0.303 e. The molecule has 1 aromatic rings. The molecule has 1 N–H and O–H groups in total. The normalized spacial score (nSPS) is 25.2. The largest absolute Gasteiger partial charge is 0.481 e. The van der Waals surface area contributed by atoms with Crippen LogP contribution in [0.25, 0.3) is 0 Å². The van der Waals surface area contributed by atoms with E-state index in [4.69, 9.17) is 5.11 Å². The van der Waals surface area contributed by atoms with Crippen molar-refractivity contribution < 1.29 is 19.1 Å². The quantitative estimate of drug-likeness (QED) is 0.476. The van der Waals surface area contributed by atoms with Gasteiger partial charge in [0.05, 0.1) is 0 Å². The van der Waals surface area contributed by atoms with Gasteiger partial charge in [0.2, 0.25) is 0 Å². The summed E-state index contributed by atoms with van der Waals surface area (Å²) in [5.74, 6) is -0.847. The average Bonchev–Trinajstić information content (AvgIpc) is 3.18. The van der Waals surface area contributed by atoms with Crippen LogP contribution in [-0.2, 0) is 22.4 Å². The maximum atomic E-state index is 14.4. The van der Waals surface area contributed by atoms with E-state index in [1.165, 1.54) is 11.1 Å². The van der Waals surface area contributed by atoms with Gasteiger partial charge in [0.1, 0.15) is 12.0 Å². The lowest BCUT2D eigenvalue weighted by Crippen LogP contribution is -2.15. The summed E-state index contributed by atoms with van der Waals surface area (Å²) in [6, 6.07) is 8.53. The lowest BCUT2D eigenvalue weighted by atomic mass is 9.90. The number of carbonyl (C=O) groups excluding carboxylic acids is 1. The second-order valence-corrected chi connectivity index (χ2v) is 8.07. The second-order valence-electron chi connectivity index (χ2n) is 8.07. The van der Waals surface area contributed by atoms with Gasteiger partial charge in [0.25, 0.3) is 0 Å². The first-order valence-electron chi connectivity index (χ1n) is 10.3. The molecule has 0 radical (unpaired) electrons. The summed E-state index contributed by atoms with van der Waals surface area (Å²) in [5, 5.41) is 8.64. The number of fused-ring (bicyclic) bond motifs is 1. The van der Waals surface area contributed by atoms with Crippen molar-refractivity contribution in [3.63, 3.8) is 0 Å². The smallest absolute Gasteiger partial charge is 0.303 e. The third-order valence-corrected chi connectivity index (χ3v) is 5.97. The number of carboxylic acid groups (broad SMARTS) is 1. The van der Waals surface area contributed by atoms with E-state index in [0.29, 0.717) is 25.2 Å². The number of unbranched alkanes of at least 4 members (excludes halogenated alkanes) is 1. The van der Waals surface area contributed by atoms with Crippen LogP contribution in [0.2, 0.25) is 0 Å². The Hall–Kier alpha value is -2.23. The standard InChI is InChI=1S/C24H29FO3/c25-22-16-23(26)21(11-3-1-2-4-13-24(27)28)20(22)12-7-8-17-14-18-9-5-6-10-19(18)15-17/h1,3,5-7,9-10,12,17,20-22H,2,4,8,11,13-16H2,(H,27,28)/b3-1-,12-7+/t20-,21-,22+/m1/s1. The minimum Gasteiger partial charge on any atom is -0.481 e. The molecule has 0 aromatic heterocycles. The van der Waals surface area contributed by atoms with Crippen LogP contribution in [0, 0.1) is 17.8 Å². The Morgan fingerprint density at radius 3 is 2.46 bits per heavy atom. The van der Waals surface area contributed by atoms with E-state index in [-0.39, 0.29) is 30.5 Å². The summed E-state index contributed by atoms with van der Waals surface area (Å²) >= 11 is 0. The molecule has 3 rings (SSSR count). The van der Waals surface area contributed by atoms with Gasteiger partial charge in [-0.2, -0.15) is 0 Å². The summed E-state index contributed by atoms with van der Waals surface area (Å²) in [5.41, 5.74) is 2.84. The number of carboxylic acids is 1. The summed E-state index contributed by atoms with van der Waals surface area (Å²) in [6.07, 6.45) is 11.8. The SMILES string of the molecule is O=C(O)CCC/C=C\C[C@H]1C(=O)C[C@H](F)[C@@H]1/C=C/CC1Cc2ccccc2C1. The van der Waals surface area contributed by atoms with Gasteiger partial charge >= 0.3 is 5.97 Å². The van der Waals surface area contributed by atoms with Crippen molar-refractivity contribution in [3.8, 4) is 0 Å². The molecule has 3 nitrogen and oxygen atoms in total. The van der Waals surface area contributed by atoms with E-state index in [1.807, 2.05) is 18.2 Å². The highest BCUT2D eigenvalue weighted by Crippen LogP contribution is 2.36. The van der Waals surface area contributed by atoms with E-state index in [2.05, 4.69) is 30.3 Å². The molecule has 0 spiro atoms. The van der Waals surface area contributed by atoms with Crippen LogP contribution in [0.1, 0.15) is 49.7 Å². The van der Waals surface area contributed by atoms with Crippen molar-refractivity contribution in [3.05, 3.63) is 59.7 Å². The number of Topliss-reactive ketones (excluding diaryl/α,β-unsaturated/α-hetero) is 1. The molecule has 2 aliphatic carbocycles. The predicted octanol–water partition coefficient (Wildman–Crippen LogP) is 5.09. The van der Waals surface area contributed by atoms with E-state index < -0.39 is 12.1 Å². The lowest BCUT2D eigenvalue weighted by molar-refractivity contribution is -0.137. The topological polar surface area (TPSA) is 54.4 Å². The molecule has 1 fully saturated rings. The highest BCUT2D eigenvalue weighted by molar-refractivity contribution is 5.84. The molecule has 1 saturated carbocycles. The molecule has 0 aliphatic heterocycles. The molecule has 1 aromatic carbocycles. The van der Waals surface area contributed by atoms with Gasteiger partial charge in [-0.25, -0.2) is 4.39 Å². The minimum absolute atomic E-state index is 0.00519. The number of halogens is 1. The zero-order valence-electron chi connectivity index (χ0n) is 16.2. The number of hydrogen-bond acceptors (Lipinski definition) is 2. The molecule has 28 heavy (non-hydrogen) atoms. The zero-order chi connectivity index (χ0) is 19.9. The zero-order valence-corrected chi connectivity index (χ0v) is 16.2. The summed E-state index contributed by atoms with van der Waals surface area (Å²) in [4.78, 5) is 22.7. The second kappa shape index (κ2) is 9.81.